The van der Waals surface area contributed by atoms with E-state index in [1.54, 1.807) is 0 Å². The molecule has 1 amide bonds. The average Bonchev–Trinajstić information content (AvgIpc) is 2.98. The largest absolute Gasteiger partial charge is 0.491 e. The molecule has 126 valence electrons. The van der Waals surface area contributed by atoms with E-state index >= 15 is 0 Å². The van der Waals surface area contributed by atoms with E-state index in [2.05, 4.69) is 0 Å². The summed E-state index contributed by atoms with van der Waals surface area (Å²) >= 11 is 0. The molecule has 1 heterocycles. The smallest absolute Gasteiger partial charge is 0.326 e. The fourth-order valence-corrected chi connectivity index (χ4v) is 2.92. The summed E-state index contributed by atoms with van der Waals surface area (Å²) in [5.41, 5.74) is 1.16. The zero-order chi connectivity index (χ0) is 16.8. The predicted molar refractivity (Wildman–Crippen MR) is 87.5 cm³/mol. The van der Waals surface area contributed by atoms with E-state index in [4.69, 9.17) is 9.84 Å². The molecule has 2 rings (SSSR count). The normalized spacial score (nSPS) is 17.5. The van der Waals surface area contributed by atoms with Gasteiger partial charge in [-0.25, -0.2) is 4.79 Å². The third-order valence-corrected chi connectivity index (χ3v) is 4.01. The second-order valence-electron chi connectivity index (χ2n) is 6.25. The maximum absolute atomic E-state index is 12.2. The van der Waals surface area contributed by atoms with Gasteiger partial charge in [-0.3, -0.25) is 4.79 Å². The summed E-state index contributed by atoms with van der Waals surface area (Å²) in [5.74, 6) is -0.0903. The predicted octanol–water partition coefficient (Wildman–Crippen LogP) is 2.87. The molecule has 0 bridgehead atoms. The first-order chi connectivity index (χ1) is 11.0. The van der Waals surface area contributed by atoms with Gasteiger partial charge in [-0.05, 0) is 57.2 Å². The molecule has 23 heavy (non-hydrogen) atoms. The molecule has 1 aliphatic rings. The average molecular weight is 319 g/mol. The molecule has 0 aromatic heterocycles. The monoisotopic (exact) mass is 319 g/mol. The molecule has 1 atom stereocenters. The molecule has 0 aliphatic carbocycles. The van der Waals surface area contributed by atoms with Crippen molar-refractivity contribution in [3.63, 3.8) is 0 Å². The molecule has 1 fully saturated rings. The lowest BCUT2D eigenvalue weighted by molar-refractivity contribution is -0.148. The van der Waals surface area contributed by atoms with Gasteiger partial charge >= 0.3 is 5.97 Å². The first-order valence-corrected chi connectivity index (χ1v) is 8.25. The number of carboxylic acid groups (broad SMARTS) is 1. The van der Waals surface area contributed by atoms with Crippen molar-refractivity contribution >= 4 is 11.9 Å². The highest BCUT2D eigenvalue weighted by Crippen LogP contribution is 2.20. The lowest BCUT2D eigenvalue weighted by Crippen LogP contribution is -2.40. The van der Waals surface area contributed by atoms with Crippen molar-refractivity contribution in [2.75, 3.05) is 6.54 Å². The van der Waals surface area contributed by atoms with E-state index in [0.717, 1.165) is 30.6 Å². The summed E-state index contributed by atoms with van der Waals surface area (Å²) in [7, 11) is 0. The Morgan fingerprint density at radius 2 is 2.00 bits per heavy atom. The van der Waals surface area contributed by atoms with Crippen molar-refractivity contribution in [1.29, 1.82) is 0 Å². The van der Waals surface area contributed by atoms with E-state index in [9.17, 15) is 9.59 Å². The van der Waals surface area contributed by atoms with Gasteiger partial charge in [0.05, 0.1) is 6.10 Å². The van der Waals surface area contributed by atoms with Crippen LogP contribution in [0.25, 0.3) is 0 Å². The Morgan fingerprint density at radius 3 is 2.61 bits per heavy atom. The van der Waals surface area contributed by atoms with E-state index in [0.29, 0.717) is 19.4 Å². The minimum Gasteiger partial charge on any atom is -0.491 e. The quantitative estimate of drug-likeness (QED) is 0.839. The van der Waals surface area contributed by atoms with E-state index < -0.39 is 12.0 Å². The highest BCUT2D eigenvalue weighted by molar-refractivity contribution is 5.84. The first kappa shape index (κ1) is 17.3. The van der Waals surface area contributed by atoms with Gasteiger partial charge in [0.25, 0.3) is 0 Å². The minimum absolute atomic E-state index is 0.0466. The highest BCUT2D eigenvalue weighted by Gasteiger charge is 2.33. The summed E-state index contributed by atoms with van der Waals surface area (Å²) in [6.45, 7) is 4.54. The van der Waals surface area contributed by atoms with Gasteiger partial charge in [0.1, 0.15) is 11.8 Å². The Labute approximate surface area is 137 Å². The van der Waals surface area contributed by atoms with Crippen molar-refractivity contribution in [3.8, 4) is 5.75 Å². The van der Waals surface area contributed by atoms with Gasteiger partial charge in [-0.15, -0.1) is 0 Å². The Bertz CT molecular complexity index is 538. The van der Waals surface area contributed by atoms with Crippen LogP contribution in [0.2, 0.25) is 0 Å². The maximum Gasteiger partial charge on any atom is 0.326 e. The number of hydrogen-bond acceptors (Lipinski definition) is 3. The number of benzene rings is 1. The van der Waals surface area contributed by atoms with Gasteiger partial charge in [0, 0.05) is 13.0 Å². The molecular weight excluding hydrogens is 294 g/mol. The number of amides is 1. The van der Waals surface area contributed by atoms with Crippen LogP contribution in [-0.4, -0.2) is 40.6 Å². The number of carbonyl (C=O) groups excluding carboxylic acids is 1. The fourth-order valence-electron chi connectivity index (χ4n) is 2.92. The SMILES string of the molecule is CC(C)Oc1ccc(CCCC(=O)N2CCCC2C(=O)O)cc1. The summed E-state index contributed by atoms with van der Waals surface area (Å²) < 4.78 is 5.60. The molecule has 1 saturated heterocycles. The third kappa shape index (κ3) is 4.98. The van der Waals surface area contributed by atoms with Crippen molar-refractivity contribution in [2.24, 2.45) is 0 Å². The van der Waals surface area contributed by atoms with Crippen LogP contribution in [0, 0.1) is 0 Å². The first-order valence-electron chi connectivity index (χ1n) is 8.25. The van der Waals surface area contributed by atoms with E-state index in [1.165, 1.54) is 4.90 Å². The third-order valence-electron chi connectivity index (χ3n) is 4.01. The van der Waals surface area contributed by atoms with Crippen LogP contribution in [-0.2, 0) is 16.0 Å². The number of rotatable bonds is 7. The number of likely N-dealkylation sites (tertiary alicyclic amines) is 1. The number of ether oxygens (including phenoxy) is 1. The highest BCUT2D eigenvalue weighted by atomic mass is 16.5. The summed E-state index contributed by atoms with van der Waals surface area (Å²) in [5, 5.41) is 9.12. The van der Waals surface area contributed by atoms with Crippen molar-refractivity contribution < 1.29 is 19.4 Å². The van der Waals surface area contributed by atoms with E-state index in [1.807, 2.05) is 38.1 Å². The molecule has 0 saturated carbocycles. The molecule has 1 N–H and O–H groups in total. The fraction of sp³-hybridized carbons (Fsp3) is 0.556. The summed E-state index contributed by atoms with van der Waals surface area (Å²) in [6.07, 6.45) is 3.43. The van der Waals surface area contributed by atoms with Crippen LogP contribution < -0.4 is 4.74 Å². The van der Waals surface area contributed by atoms with Crippen LogP contribution in [0.5, 0.6) is 5.75 Å². The zero-order valence-electron chi connectivity index (χ0n) is 13.8. The number of nitrogens with zero attached hydrogens (tertiary/aromatic N) is 1. The molecule has 5 nitrogen and oxygen atoms in total. The van der Waals surface area contributed by atoms with Gasteiger partial charge in [-0.1, -0.05) is 12.1 Å². The summed E-state index contributed by atoms with van der Waals surface area (Å²) in [4.78, 5) is 24.8. The Hall–Kier alpha value is -2.04. The molecule has 1 aromatic carbocycles. The second kappa shape index (κ2) is 7.99. The maximum atomic E-state index is 12.2. The van der Waals surface area contributed by atoms with Crippen LogP contribution in [0.3, 0.4) is 0 Å². The second-order valence-corrected chi connectivity index (χ2v) is 6.25. The molecule has 1 unspecified atom stereocenters. The Morgan fingerprint density at radius 1 is 1.30 bits per heavy atom. The van der Waals surface area contributed by atoms with Crippen molar-refractivity contribution in [3.05, 3.63) is 29.8 Å². The standard InChI is InChI=1S/C18H25NO4/c1-13(2)23-15-10-8-14(9-11-15)5-3-7-17(20)19-12-4-6-16(19)18(21)22/h8-11,13,16H,3-7,12H2,1-2H3,(H,21,22). The van der Waals surface area contributed by atoms with Crippen molar-refractivity contribution in [2.45, 2.75) is 58.1 Å². The number of carboxylic acids is 1. The lowest BCUT2D eigenvalue weighted by Gasteiger charge is -2.21. The van der Waals surface area contributed by atoms with Gasteiger partial charge in [0.15, 0.2) is 0 Å². The topological polar surface area (TPSA) is 66.8 Å². The van der Waals surface area contributed by atoms with E-state index in [-0.39, 0.29) is 12.0 Å². The van der Waals surface area contributed by atoms with Crippen LogP contribution in [0.1, 0.15) is 45.1 Å². The number of aliphatic carboxylic acids is 1. The van der Waals surface area contributed by atoms with Gasteiger partial charge in [0.2, 0.25) is 5.91 Å². The van der Waals surface area contributed by atoms with Crippen LogP contribution in [0.15, 0.2) is 24.3 Å². The minimum atomic E-state index is -0.892. The van der Waals surface area contributed by atoms with Crippen molar-refractivity contribution in [1.82, 2.24) is 4.90 Å². The number of carbonyl (C=O) groups is 2. The molecule has 5 heteroatoms. The Kier molecular flexibility index (Phi) is 6.02. The number of aryl methyl sites for hydroxylation is 1. The van der Waals surface area contributed by atoms with Crippen LogP contribution in [0.4, 0.5) is 0 Å². The Balaban J connectivity index is 1.78. The number of hydrogen-bond donors (Lipinski definition) is 1. The molecular formula is C18H25NO4. The van der Waals surface area contributed by atoms with Crippen LogP contribution >= 0.6 is 0 Å². The lowest BCUT2D eigenvalue weighted by atomic mass is 10.1. The summed E-state index contributed by atoms with van der Waals surface area (Å²) in [6, 6.07) is 7.28. The molecule has 1 aromatic rings. The molecule has 0 spiro atoms. The van der Waals surface area contributed by atoms with Gasteiger partial charge < -0.3 is 14.7 Å². The molecule has 0 radical (unpaired) electrons. The molecule has 1 aliphatic heterocycles. The zero-order valence-corrected chi connectivity index (χ0v) is 13.8. The van der Waals surface area contributed by atoms with Gasteiger partial charge in [-0.2, -0.15) is 0 Å².